The van der Waals surface area contributed by atoms with E-state index in [0.29, 0.717) is 0 Å². The predicted octanol–water partition coefficient (Wildman–Crippen LogP) is 3.74. The van der Waals surface area contributed by atoms with E-state index in [9.17, 15) is 0 Å². The standard InChI is InChI=1S/C11H19NS/c1-10(2,3)8-7-13-12-9(8)11(4,5)6/h7H,1-6H3. The van der Waals surface area contributed by atoms with Crippen LogP contribution in [0, 0.1) is 0 Å². The summed E-state index contributed by atoms with van der Waals surface area (Å²) in [6.07, 6.45) is 0. The smallest absolute Gasteiger partial charge is 0.0632 e. The van der Waals surface area contributed by atoms with Crippen molar-refractivity contribution >= 4 is 11.5 Å². The SMILES string of the molecule is CC(C)(C)c1csnc1C(C)(C)C. The third kappa shape index (κ3) is 2.31. The van der Waals surface area contributed by atoms with Gasteiger partial charge in [-0.1, -0.05) is 41.5 Å². The normalized spacial score (nSPS) is 13.4. The lowest BCUT2D eigenvalue weighted by atomic mass is 9.80. The van der Waals surface area contributed by atoms with Gasteiger partial charge in [-0.15, -0.1) is 0 Å². The Kier molecular flexibility index (Phi) is 2.54. The quantitative estimate of drug-likeness (QED) is 0.617. The molecule has 0 aliphatic carbocycles. The summed E-state index contributed by atoms with van der Waals surface area (Å²) in [7, 11) is 0. The van der Waals surface area contributed by atoms with Crippen LogP contribution < -0.4 is 0 Å². The highest BCUT2D eigenvalue weighted by Crippen LogP contribution is 2.33. The Labute approximate surface area is 85.4 Å². The van der Waals surface area contributed by atoms with Crippen LogP contribution in [0.15, 0.2) is 5.38 Å². The first kappa shape index (κ1) is 10.7. The van der Waals surface area contributed by atoms with Crippen LogP contribution in [-0.2, 0) is 10.8 Å². The van der Waals surface area contributed by atoms with Crippen molar-refractivity contribution in [1.29, 1.82) is 0 Å². The van der Waals surface area contributed by atoms with Crippen LogP contribution in [0.4, 0.5) is 0 Å². The molecule has 0 N–H and O–H groups in total. The summed E-state index contributed by atoms with van der Waals surface area (Å²) in [4.78, 5) is 0. The maximum absolute atomic E-state index is 4.50. The summed E-state index contributed by atoms with van der Waals surface area (Å²) in [6.45, 7) is 13.4. The number of aromatic nitrogens is 1. The minimum absolute atomic E-state index is 0.169. The van der Waals surface area contributed by atoms with E-state index in [-0.39, 0.29) is 10.8 Å². The van der Waals surface area contributed by atoms with E-state index in [1.807, 2.05) is 0 Å². The molecule has 0 aliphatic heterocycles. The Morgan fingerprint density at radius 1 is 1.00 bits per heavy atom. The van der Waals surface area contributed by atoms with Gasteiger partial charge in [-0.25, -0.2) is 0 Å². The van der Waals surface area contributed by atoms with Crippen molar-refractivity contribution in [2.24, 2.45) is 0 Å². The molecule has 74 valence electrons. The van der Waals surface area contributed by atoms with Crippen LogP contribution in [0.5, 0.6) is 0 Å². The van der Waals surface area contributed by atoms with Crippen molar-refractivity contribution in [2.75, 3.05) is 0 Å². The zero-order valence-electron chi connectivity index (χ0n) is 9.43. The summed E-state index contributed by atoms with van der Waals surface area (Å²) in [5, 5.41) is 2.18. The van der Waals surface area contributed by atoms with E-state index in [4.69, 9.17) is 0 Å². The Bertz CT molecular complexity index is 257. The Hall–Kier alpha value is -0.370. The van der Waals surface area contributed by atoms with E-state index < -0.39 is 0 Å². The van der Waals surface area contributed by atoms with E-state index >= 15 is 0 Å². The van der Waals surface area contributed by atoms with Crippen molar-refractivity contribution in [2.45, 2.75) is 52.4 Å². The first-order chi connectivity index (χ1) is 5.73. The Morgan fingerprint density at radius 3 is 1.85 bits per heavy atom. The summed E-state index contributed by atoms with van der Waals surface area (Å²) in [6, 6.07) is 0. The molecule has 0 unspecified atom stereocenters. The van der Waals surface area contributed by atoms with Gasteiger partial charge in [0, 0.05) is 10.8 Å². The monoisotopic (exact) mass is 197 g/mol. The van der Waals surface area contributed by atoms with Crippen molar-refractivity contribution in [1.82, 2.24) is 4.37 Å². The van der Waals surface area contributed by atoms with Gasteiger partial charge in [0.15, 0.2) is 0 Å². The number of nitrogens with zero attached hydrogens (tertiary/aromatic N) is 1. The molecule has 1 heterocycles. The van der Waals surface area contributed by atoms with Gasteiger partial charge in [0.1, 0.15) is 0 Å². The Morgan fingerprint density at radius 2 is 1.54 bits per heavy atom. The van der Waals surface area contributed by atoms with Crippen molar-refractivity contribution in [3.63, 3.8) is 0 Å². The largest absolute Gasteiger partial charge is 0.197 e. The second-order valence-electron chi connectivity index (χ2n) is 5.58. The molecule has 0 amide bonds. The van der Waals surface area contributed by atoms with E-state index in [2.05, 4.69) is 51.3 Å². The molecule has 0 fully saturated rings. The van der Waals surface area contributed by atoms with Gasteiger partial charge in [-0.3, -0.25) is 0 Å². The molecule has 2 heteroatoms. The first-order valence-electron chi connectivity index (χ1n) is 4.68. The molecular formula is C11H19NS. The first-order valence-corrected chi connectivity index (χ1v) is 5.52. The van der Waals surface area contributed by atoms with Crippen molar-refractivity contribution in [3.05, 3.63) is 16.6 Å². The lowest BCUT2D eigenvalue weighted by Gasteiger charge is -2.24. The van der Waals surface area contributed by atoms with Crippen LogP contribution in [-0.4, -0.2) is 4.37 Å². The summed E-state index contributed by atoms with van der Waals surface area (Å²) >= 11 is 1.57. The molecular weight excluding hydrogens is 178 g/mol. The zero-order chi connectivity index (χ0) is 10.3. The number of hydrogen-bond donors (Lipinski definition) is 0. The molecule has 1 rings (SSSR count). The summed E-state index contributed by atoms with van der Waals surface area (Å²) in [5.74, 6) is 0. The molecule has 1 aromatic rings. The lowest BCUT2D eigenvalue weighted by molar-refractivity contribution is 0.522. The van der Waals surface area contributed by atoms with Gasteiger partial charge in [0.25, 0.3) is 0 Å². The third-order valence-corrected chi connectivity index (χ3v) is 2.72. The fourth-order valence-corrected chi connectivity index (χ4v) is 2.41. The van der Waals surface area contributed by atoms with Crippen LogP contribution >= 0.6 is 11.5 Å². The van der Waals surface area contributed by atoms with Gasteiger partial charge < -0.3 is 0 Å². The van der Waals surface area contributed by atoms with Crippen molar-refractivity contribution in [3.8, 4) is 0 Å². The minimum Gasteiger partial charge on any atom is -0.197 e. The molecule has 0 aliphatic rings. The fraction of sp³-hybridized carbons (Fsp3) is 0.727. The topological polar surface area (TPSA) is 12.9 Å². The average Bonchev–Trinajstić information content (AvgIpc) is 2.27. The average molecular weight is 197 g/mol. The number of hydrogen-bond acceptors (Lipinski definition) is 2. The lowest BCUT2D eigenvalue weighted by Crippen LogP contribution is -2.20. The highest BCUT2D eigenvalue weighted by molar-refractivity contribution is 7.03. The maximum Gasteiger partial charge on any atom is 0.0632 e. The predicted molar refractivity (Wildman–Crippen MR) is 59.5 cm³/mol. The molecule has 1 nitrogen and oxygen atoms in total. The Balaban J connectivity index is 3.19. The minimum atomic E-state index is 0.169. The summed E-state index contributed by atoms with van der Waals surface area (Å²) in [5.41, 5.74) is 3.04. The highest BCUT2D eigenvalue weighted by atomic mass is 32.1. The van der Waals surface area contributed by atoms with E-state index in [0.717, 1.165) is 0 Å². The van der Waals surface area contributed by atoms with Gasteiger partial charge in [-0.2, -0.15) is 4.37 Å². The van der Waals surface area contributed by atoms with Gasteiger partial charge >= 0.3 is 0 Å². The highest BCUT2D eigenvalue weighted by Gasteiger charge is 2.27. The molecule has 0 atom stereocenters. The van der Waals surface area contributed by atoms with Crippen LogP contribution in [0.25, 0.3) is 0 Å². The molecule has 0 bridgehead atoms. The summed E-state index contributed by atoms with van der Waals surface area (Å²) < 4.78 is 4.50. The van der Waals surface area contributed by atoms with Crippen LogP contribution in [0.3, 0.4) is 0 Å². The van der Waals surface area contributed by atoms with Crippen molar-refractivity contribution < 1.29 is 0 Å². The molecule has 1 aromatic heterocycles. The second kappa shape index (κ2) is 3.09. The van der Waals surface area contributed by atoms with Gasteiger partial charge in [0.2, 0.25) is 0 Å². The van der Waals surface area contributed by atoms with Gasteiger partial charge in [-0.05, 0) is 22.5 Å². The molecule has 0 saturated heterocycles. The zero-order valence-corrected chi connectivity index (χ0v) is 10.2. The van der Waals surface area contributed by atoms with Crippen LogP contribution in [0.2, 0.25) is 0 Å². The molecule has 0 saturated carbocycles. The maximum atomic E-state index is 4.50. The van der Waals surface area contributed by atoms with E-state index in [1.54, 1.807) is 11.5 Å². The number of rotatable bonds is 0. The van der Waals surface area contributed by atoms with E-state index in [1.165, 1.54) is 11.3 Å². The second-order valence-corrected chi connectivity index (χ2v) is 6.21. The molecule has 0 spiro atoms. The third-order valence-electron chi connectivity index (χ3n) is 2.09. The molecule has 0 radical (unpaired) electrons. The van der Waals surface area contributed by atoms with Crippen LogP contribution in [0.1, 0.15) is 52.8 Å². The van der Waals surface area contributed by atoms with Gasteiger partial charge in [0.05, 0.1) is 5.69 Å². The fourth-order valence-electron chi connectivity index (χ4n) is 1.31. The molecule has 13 heavy (non-hydrogen) atoms. The molecule has 0 aromatic carbocycles.